The Morgan fingerprint density at radius 1 is 1.14 bits per heavy atom. The summed E-state index contributed by atoms with van der Waals surface area (Å²) in [6.45, 7) is 5.13. The summed E-state index contributed by atoms with van der Waals surface area (Å²) in [7, 11) is 1.89. The van der Waals surface area contributed by atoms with Crippen LogP contribution in [0.4, 0.5) is 4.39 Å². The van der Waals surface area contributed by atoms with Gasteiger partial charge in [0.15, 0.2) is 0 Å². The monoisotopic (exact) mass is 378 g/mol. The molecule has 5 rings (SSSR count). The molecule has 5 heterocycles. The SMILES string of the molecule is Cn1ncc2nccc(-c3c(-c4ccc(F)cn4)nn4c3COC(C)(C)C4)c21. The second kappa shape index (κ2) is 5.93. The minimum absolute atomic E-state index is 0.316. The van der Waals surface area contributed by atoms with E-state index in [1.54, 1.807) is 23.1 Å². The van der Waals surface area contributed by atoms with Crippen molar-refractivity contribution in [2.75, 3.05) is 0 Å². The van der Waals surface area contributed by atoms with Gasteiger partial charge in [0.1, 0.15) is 17.0 Å². The van der Waals surface area contributed by atoms with Crippen LogP contribution in [0.3, 0.4) is 0 Å². The van der Waals surface area contributed by atoms with Crippen LogP contribution >= 0.6 is 0 Å². The van der Waals surface area contributed by atoms with Crippen molar-refractivity contribution in [3.8, 4) is 22.5 Å². The van der Waals surface area contributed by atoms with Gasteiger partial charge in [-0.3, -0.25) is 19.3 Å². The zero-order valence-electron chi connectivity index (χ0n) is 15.8. The Hall–Kier alpha value is -3.13. The van der Waals surface area contributed by atoms with Gasteiger partial charge in [-0.2, -0.15) is 10.2 Å². The highest BCUT2D eigenvalue weighted by molar-refractivity contribution is 5.96. The summed E-state index contributed by atoms with van der Waals surface area (Å²) in [5.41, 5.74) is 5.55. The predicted octanol–water partition coefficient (Wildman–Crippen LogP) is 3.34. The molecule has 0 saturated heterocycles. The van der Waals surface area contributed by atoms with Crippen molar-refractivity contribution in [1.29, 1.82) is 0 Å². The fourth-order valence-corrected chi connectivity index (χ4v) is 3.73. The summed E-state index contributed by atoms with van der Waals surface area (Å²) in [6, 6.07) is 5.01. The van der Waals surface area contributed by atoms with E-state index in [1.165, 1.54) is 12.3 Å². The van der Waals surface area contributed by atoms with Crippen molar-refractivity contribution in [1.82, 2.24) is 29.5 Å². The zero-order valence-corrected chi connectivity index (χ0v) is 15.8. The highest BCUT2D eigenvalue weighted by atomic mass is 19.1. The maximum absolute atomic E-state index is 13.4. The number of pyridine rings is 2. The summed E-state index contributed by atoms with van der Waals surface area (Å²) in [5, 5.41) is 9.19. The smallest absolute Gasteiger partial charge is 0.141 e. The van der Waals surface area contributed by atoms with E-state index in [2.05, 4.69) is 15.1 Å². The van der Waals surface area contributed by atoms with E-state index in [-0.39, 0.29) is 11.4 Å². The highest BCUT2D eigenvalue weighted by Crippen LogP contribution is 2.39. The van der Waals surface area contributed by atoms with Crippen LogP contribution < -0.4 is 0 Å². The van der Waals surface area contributed by atoms with Gasteiger partial charge in [-0.1, -0.05) is 0 Å². The lowest BCUT2D eigenvalue weighted by atomic mass is 9.99. The summed E-state index contributed by atoms with van der Waals surface area (Å²) in [6.07, 6.45) is 4.72. The van der Waals surface area contributed by atoms with Gasteiger partial charge in [0, 0.05) is 24.4 Å². The molecule has 0 aliphatic carbocycles. The van der Waals surface area contributed by atoms with Gasteiger partial charge in [-0.05, 0) is 32.0 Å². The topological polar surface area (TPSA) is 70.7 Å². The fourth-order valence-electron chi connectivity index (χ4n) is 3.73. The first kappa shape index (κ1) is 17.0. The molecule has 1 aliphatic rings. The molecule has 0 saturated carbocycles. The van der Waals surface area contributed by atoms with Gasteiger partial charge in [-0.15, -0.1) is 0 Å². The molecule has 0 N–H and O–H groups in total. The molecule has 0 aromatic carbocycles. The minimum atomic E-state index is -0.378. The van der Waals surface area contributed by atoms with Crippen LogP contribution in [0.1, 0.15) is 19.5 Å². The van der Waals surface area contributed by atoms with E-state index in [1.807, 2.05) is 31.6 Å². The second-order valence-corrected chi connectivity index (χ2v) is 7.60. The van der Waals surface area contributed by atoms with Gasteiger partial charge in [0.05, 0.1) is 48.1 Å². The first-order valence-electron chi connectivity index (χ1n) is 9.06. The van der Waals surface area contributed by atoms with E-state index in [9.17, 15) is 4.39 Å². The maximum Gasteiger partial charge on any atom is 0.141 e. The third-order valence-electron chi connectivity index (χ3n) is 5.06. The van der Waals surface area contributed by atoms with Crippen molar-refractivity contribution < 1.29 is 9.13 Å². The van der Waals surface area contributed by atoms with Crippen molar-refractivity contribution in [3.63, 3.8) is 0 Å². The molecule has 142 valence electrons. The normalized spacial score (nSPS) is 15.7. The minimum Gasteiger partial charge on any atom is -0.367 e. The third-order valence-corrected chi connectivity index (χ3v) is 5.06. The average molecular weight is 378 g/mol. The van der Waals surface area contributed by atoms with Crippen LogP contribution in [0.5, 0.6) is 0 Å². The number of hydrogen-bond acceptors (Lipinski definition) is 5. The zero-order chi connectivity index (χ0) is 19.5. The van der Waals surface area contributed by atoms with Gasteiger partial charge in [-0.25, -0.2) is 4.39 Å². The van der Waals surface area contributed by atoms with Crippen LogP contribution in [0.15, 0.2) is 36.8 Å². The molecule has 4 aromatic heterocycles. The molecule has 28 heavy (non-hydrogen) atoms. The van der Waals surface area contributed by atoms with E-state index in [4.69, 9.17) is 9.84 Å². The molecular formula is C20H19FN6O. The van der Waals surface area contributed by atoms with Crippen LogP contribution in [0.2, 0.25) is 0 Å². The Morgan fingerprint density at radius 2 is 2.00 bits per heavy atom. The Kier molecular flexibility index (Phi) is 3.60. The molecule has 0 amide bonds. The van der Waals surface area contributed by atoms with Crippen LogP contribution in [0, 0.1) is 5.82 Å². The molecule has 0 fully saturated rings. The number of nitrogens with zero attached hydrogens (tertiary/aromatic N) is 6. The first-order chi connectivity index (χ1) is 13.4. The van der Waals surface area contributed by atoms with Gasteiger partial charge < -0.3 is 4.74 Å². The number of rotatable bonds is 2. The van der Waals surface area contributed by atoms with Crippen molar-refractivity contribution in [3.05, 3.63) is 48.3 Å². The van der Waals surface area contributed by atoms with Crippen LogP contribution in [0.25, 0.3) is 33.5 Å². The van der Waals surface area contributed by atoms with E-state index < -0.39 is 0 Å². The lowest BCUT2D eigenvalue weighted by molar-refractivity contribution is -0.0657. The number of fused-ring (bicyclic) bond motifs is 2. The van der Waals surface area contributed by atoms with E-state index in [0.29, 0.717) is 24.5 Å². The molecule has 0 spiro atoms. The first-order valence-corrected chi connectivity index (χ1v) is 9.06. The molecule has 7 nitrogen and oxygen atoms in total. The largest absolute Gasteiger partial charge is 0.367 e. The van der Waals surface area contributed by atoms with Crippen molar-refractivity contribution in [2.24, 2.45) is 7.05 Å². The summed E-state index contributed by atoms with van der Waals surface area (Å²) in [4.78, 5) is 8.69. The van der Waals surface area contributed by atoms with Crippen LogP contribution in [-0.4, -0.2) is 35.1 Å². The van der Waals surface area contributed by atoms with E-state index in [0.717, 1.165) is 27.9 Å². The Balaban J connectivity index is 1.82. The summed E-state index contributed by atoms with van der Waals surface area (Å²) >= 11 is 0. The van der Waals surface area contributed by atoms with Gasteiger partial charge >= 0.3 is 0 Å². The van der Waals surface area contributed by atoms with Gasteiger partial charge in [0.25, 0.3) is 0 Å². The predicted molar refractivity (Wildman–Crippen MR) is 102 cm³/mol. The quantitative estimate of drug-likeness (QED) is 0.535. The molecule has 4 aromatic rings. The number of hydrogen-bond donors (Lipinski definition) is 0. The lowest BCUT2D eigenvalue weighted by Crippen LogP contribution is -2.36. The lowest BCUT2D eigenvalue weighted by Gasteiger charge is -2.31. The van der Waals surface area contributed by atoms with E-state index >= 15 is 0 Å². The fraction of sp³-hybridized carbons (Fsp3) is 0.300. The summed E-state index contributed by atoms with van der Waals surface area (Å²) in [5.74, 6) is -0.378. The molecular weight excluding hydrogens is 359 g/mol. The Morgan fingerprint density at radius 3 is 2.79 bits per heavy atom. The molecule has 1 aliphatic heterocycles. The second-order valence-electron chi connectivity index (χ2n) is 7.60. The number of aryl methyl sites for hydroxylation is 1. The Labute approximate surface area is 160 Å². The molecule has 0 unspecified atom stereocenters. The standard InChI is InChI=1S/C20H19FN6O/c1-20(2)11-27-16(10-28-20)17(18(25-27)14-5-4-12(21)8-23-14)13-6-7-22-15-9-24-26(3)19(13)15/h4-9H,10-11H2,1-3H3. The highest BCUT2D eigenvalue weighted by Gasteiger charge is 2.32. The molecule has 0 atom stereocenters. The summed E-state index contributed by atoms with van der Waals surface area (Å²) < 4.78 is 23.3. The number of halogens is 1. The average Bonchev–Trinajstić information content (AvgIpc) is 3.22. The van der Waals surface area contributed by atoms with Crippen LogP contribution in [-0.2, 0) is 24.9 Å². The van der Waals surface area contributed by atoms with Crippen molar-refractivity contribution >= 4 is 11.0 Å². The number of aromatic nitrogens is 6. The Bertz CT molecular complexity index is 1190. The molecule has 0 bridgehead atoms. The third kappa shape index (κ3) is 2.60. The maximum atomic E-state index is 13.4. The van der Waals surface area contributed by atoms with Gasteiger partial charge in [0.2, 0.25) is 0 Å². The van der Waals surface area contributed by atoms with Crippen molar-refractivity contribution in [2.45, 2.75) is 32.6 Å². The molecule has 8 heteroatoms. The number of ether oxygens (including phenoxy) is 1. The molecule has 0 radical (unpaired) electrons.